The number of pyridine rings is 1. The van der Waals surface area contributed by atoms with E-state index in [4.69, 9.17) is 0 Å². The molecule has 1 atom stereocenters. The number of aromatic nitrogens is 1. The highest BCUT2D eigenvalue weighted by Crippen LogP contribution is 2.38. The second kappa shape index (κ2) is 7.51. The smallest absolute Gasteiger partial charge is 0.320 e. The Morgan fingerprint density at radius 3 is 2.66 bits per heavy atom. The number of phenolic OH excluding ortho intramolecular Hbond substituents is 2. The fourth-order valence-corrected chi connectivity index (χ4v) is 3.26. The molecule has 3 amide bonds. The molecule has 0 saturated heterocycles. The topological polar surface area (TPSA) is 124 Å². The van der Waals surface area contributed by atoms with E-state index in [9.17, 15) is 19.8 Å². The van der Waals surface area contributed by atoms with Crippen LogP contribution >= 0.6 is 0 Å². The summed E-state index contributed by atoms with van der Waals surface area (Å²) in [5.41, 5.74) is 2.46. The molecular weight excluding hydrogens is 372 g/mol. The molecule has 1 unspecified atom stereocenters. The van der Waals surface area contributed by atoms with E-state index in [1.54, 1.807) is 42.6 Å². The summed E-state index contributed by atoms with van der Waals surface area (Å²) in [6.45, 7) is 0.0669. The third kappa shape index (κ3) is 3.68. The molecule has 8 nitrogen and oxygen atoms in total. The lowest BCUT2D eigenvalue weighted by Gasteiger charge is -2.29. The molecule has 8 heteroatoms. The van der Waals surface area contributed by atoms with Crippen LogP contribution in [0.5, 0.6) is 11.5 Å². The SMILES string of the molecule is O=C1Nc2cc(CNC(=O)c3cccnc3)c(O)cc2C(c2ccccc2O)N1. The van der Waals surface area contributed by atoms with Crippen LogP contribution in [0, 0.1) is 0 Å². The molecule has 146 valence electrons. The fraction of sp³-hybridized carbons (Fsp3) is 0.0952. The van der Waals surface area contributed by atoms with Crippen LogP contribution in [0.25, 0.3) is 0 Å². The molecule has 3 aromatic rings. The summed E-state index contributed by atoms with van der Waals surface area (Å²) in [5.74, 6) is -0.320. The minimum atomic E-state index is -0.620. The number of hydrogen-bond donors (Lipinski definition) is 5. The van der Waals surface area contributed by atoms with Crippen molar-refractivity contribution < 1.29 is 19.8 Å². The quantitative estimate of drug-likeness (QED) is 0.438. The molecule has 0 saturated carbocycles. The first-order valence-corrected chi connectivity index (χ1v) is 8.92. The van der Waals surface area contributed by atoms with E-state index in [2.05, 4.69) is 20.9 Å². The van der Waals surface area contributed by atoms with Gasteiger partial charge in [-0.1, -0.05) is 18.2 Å². The van der Waals surface area contributed by atoms with Crippen LogP contribution in [0.1, 0.15) is 33.1 Å². The van der Waals surface area contributed by atoms with Crippen LogP contribution in [-0.2, 0) is 6.54 Å². The van der Waals surface area contributed by atoms with Crippen molar-refractivity contribution in [1.29, 1.82) is 0 Å². The number of rotatable bonds is 4. The maximum atomic E-state index is 12.2. The number of carbonyl (C=O) groups excluding carboxylic acids is 2. The molecule has 1 aliphatic rings. The maximum absolute atomic E-state index is 12.2. The van der Waals surface area contributed by atoms with Gasteiger partial charge in [0.05, 0.1) is 11.6 Å². The van der Waals surface area contributed by atoms with Crippen LogP contribution < -0.4 is 16.0 Å². The Kier molecular flexibility index (Phi) is 4.74. The molecule has 1 aromatic heterocycles. The first kappa shape index (κ1) is 18.3. The number of urea groups is 1. The molecular formula is C21H18N4O4. The molecule has 5 N–H and O–H groups in total. The van der Waals surface area contributed by atoms with Gasteiger partial charge in [-0.25, -0.2) is 4.79 Å². The molecule has 0 aliphatic carbocycles. The van der Waals surface area contributed by atoms with Crippen molar-refractivity contribution in [2.75, 3.05) is 5.32 Å². The molecule has 0 spiro atoms. The normalized spacial score (nSPS) is 15.0. The zero-order valence-electron chi connectivity index (χ0n) is 15.2. The fourth-order valence-electron chi connectivity index (χ4n) is 3.26. The summed E-state index contributed by atoms with van der Waals surface area (Å²) in [5, 5.41) is 28.8. The first-order valence-electron chi connectivity index (χ1n) is 8.92. The van der Waals surface area contributed by atoms with Gasteiger partial charge in [0, 0.05) is 41.3 Å². The first-order chi connectivity index (χ1) is 14.0. The second-order valence-corrected chi connectivity index (χ2v) is 6.58. The standard InChI is InChI=1S/C21H18N4O4/c26-17-6-2-1-5-14(17)19-15-9-18(27)13(8-16(15)24-21(29)25-19)11-23-20(28)12-4-3-7-22-10-12/h1-10,19,26-27H,11H2,(H,23,28)(H2,24,25,29). The van der Waals surface area contributed by atoms with Gasteiger partial charge >= 0.3 is 6.03 Å². The van der Waals surface area contributed by atoms with E-state index in [0.717, 1.165) is 0 Å². The molecule has 2 aromatic carbocycles. The van der Waals surface area contributed by atoms with Gasteiger partial charge in [-0.2, -0.15) is 0 Å². The highest BCUT2D eigenvalue weighted by molar-refractivity contribution is 5.95. The van der Waals surface area contributed by atoms with Crippen LogP contribution in [0.2, 0.25) is 0 Å². The Hall–Kier alpha value is -4.07. The number of nitrogens with zero attached hydrogens (tertiary/aromatic N) is 1. The average molecular weight is 390 g/mol. The summed E-state index contributed by atoms with van der Waals surface area (Å²) in [6.07, 6.45) is 3.02. The summed E-state index contributed by atoms with van der Waals surface area (Å²) in [4.78, 5) is 28.2. The third-order valence-electron chi connectivity index (χ3n) is 4.70. The van der Waals surface area contributed by atoms with Gasteiger partial charge in [-0.05, 0) is 30.3 Å². The van der Waals surface area contributed by atoms with Gasteiger partial charge in [-0.15, -0.1) is 0 Å². The van der Waals surface area contributed by atoms with Gasteiger partial charge < -0.3 is 26.2 Å². The maximum Gasteiger partial charge on any atom is 0.320 e. The Morgan fingerprint density at radius 2 is 1.90 bits per heavy atom. The lowest BCUT2D eigenvalue weighted by molar-refractivity contribution is 0.0950. The molecule has 1 aliphatic heterocycles. The number of hydrogen-bond acceptors (Lipinski definition) is 5. The monoisotopic (exact) mass is 390 g/mol. The Balaban J connectivity index is 1.62. The molecule has 2 heterocycles. The van der Waals surface area contributed by atoms with Gasteiger partial charge in [0.25, 0.3) is 5.91 Å². The summed E-state index contributed by atoms with van der Waals surface area (Å²) < 4.78 is 0. The average Bonchev–Trinajstić information content (AvgIpc) is 2.73. The van der Waals surface area contributed by atoms with Crippen molar-refractivity contribution >= 4 is 17.6 Å². The van der Waals surface area contributed by atoms with E-state index >= 15 is 0 Å². The molecule has 0 radical (unpaired) electrons. The molecule has 29 heavy (non-hydrogen) atoms. The Labute approximate surface area is 166 Å². The summed E-state index contributed by atoms with van der Waals surface area (Å²) >= 11 is 0. The number of anilines is 1. The summed E-state index contributed by atoms with van der Waals surface area (Å²) in [7, 11) is 0. The van der Waals surface area contributed by atoms with E-state index in [1.165, 1.54) is 18.3 Å². The van der Waals surface area contributed by atoms with Gasteiger partial charge in [-0.3, -0.25) is 9.78 Å². The molecule has 4 rings (SSSR count). The van der Waals surface area contributed by atoms with Crippen molar-refractivity contribution in [2.45, 2.75) is 12.6 Å². The lowest BCUT2D eigenvalue weighted by Crippen LogP contribution is -2.38. The second-order valence-electron chi connectivity index (χ2n) is 6.58. The van der Waals surface area contributed by atoms with Crippen molar-refractivity contribution in [3.63, 3.8) is 0 Å². The van der Waals surface area contributed by atoms with E-state index in [-0.39, 0.29) is 24.0 Å². The number of carbonyl (C=O) groups is 2. The van der Waals surface area contributed by atoms with Crippen molar-refractivity contribution in [2.24, 2.45) is 0 Å². The predicted octanol–water partition coefficient (Wildman–Crippen LogP) is 2.65. The minimum absolute atomic E-state index is 0.0337. The number of amides is 3. The predicted molar refractivity (Wildman–Crippen MR) is 106 cm³/mol. The van der Waals surface area contributed by atoms with E-state index in [1.807, 2.05) is 0 Å². The zero-order chi connectivity index (χ0) is 20.4. The Bertz CT molecular complexity index is 1090. The van der Waals surface area contributed by atoms with Crippen molar-refractivity contribution in [1.82, 2.24) is 15.6 Å². The third-order valence-corrected chi connectivity index (χ3v) is 4.70. The van der Waals surface area contributed by atoms with E-state index in [0.29, 0.717) is 27.9 Å². The highest BCUT2D eigenvalue weighted by atomic mass is 16.3. The van der Waals surface area contributed by atoms with Crippen molar-refractivity contribution in [3.8, 4) is 11.5 Å². The Morgan fingerprint density at radius 1 is 1.07 bits per heavy atom. The number of aromatic hydroxyl groups is 2. The molecule has 0 fully saturated rings. The minimum Gasteiger partial charge on any atom is -0.508 e. The van der Waals surface area contributed by atoms with Gasteiger partial charge in [0.2, 0.25) is 0 Å². The van der Waals surface area contributed by atoms with Crippen LogP contribution in [-0.4, -0.2) is 27.1 Å². The number of benzene rings is 2. The number of nitrogens with one attached hydrogen (secondary N) is 3. The largest absolute Gasteiger partial charge is 0.508 e. The van der Waals surface area contributed by atoms with Crippen molar-refractivity contribution in [3.05, 3.63) is 83.2 Å². The zero-order valence-corrected chi connectivity index (χ0v) is 15.2. The molecule has 0 bridgehead atoms. The number of para-hydroxylation sites is 1. The van der Waals surface area contributed by atoms with Crippen LogP contribution in [0.15, 0.2) is 60.9 Å². The number of fused-ring (bicyclic) bond motifs is 1. The van der Waals surface area contributed by atoms with E-state index < -0.39 is 12.1 Å². The van der Waals surface area contributed by atoms with Gasteiger partial charge in [0.15, 0.2) is 0 Å². The van der Waals surface area contributed by atoms with Gasteiger partial charge in [0.1, 0.15) is 11.5 Å². The highest BCUT2D eigenvalue weighted by Gasteiger charge is 2.28. The summed E-state index contributed by atoms with van der Waals surface area (Å²) in [6, 6.07) is 12.1. The lowest BCUT2D eigenvalue weighted by atomic mass is 9.93. The number of phenols is 2. The van der Waals surface area contributed by atoms with Crippen LogP contribution in [0.3, 0.4) is 0 Å². The van der Waals surface area contributed by atoms with Crippen LogP contribution in [0.4, 0.5) is 10.5 Å².